The summed E-state index contributed by atoms with van der Waals surface area (Å²) in [5, 5.41) is 7.80. The van der Waals surface area contributed by atoms with Gasteiger partial charge in [0.05, 0.1) is 22.5 Å². The van der Waals surface area contributed by atoms with Crippen molar-refractivity contribution in [3.05, 3.63) is 41.7 Å². The topological polar surface area (TPSA) is 61.9 Å². The van der Waals surface area contributed by atoms with E-state index in [2.05, 4.69) is 35.3 Å². The highest BCUT2D eigenvalue weighted by Crippen LogP contribution is 2.33. The van der Waals surface area contributed by atoms with E-state index in [1.807, 2.05) is 11.0 Å². The summed E-state index contributed by atoms with van der Waals surface area (Å²) in [6.45, 7) is 2.65. The normalized spacial score (nSPS) is 15.4. The smallest absolute Gasteiger partial charge is 0.232 e. The van der Waals surface area contributed by atoms with Gasteiger partial charge in [0.15, 0.2) is 5.13 Å². The number of thiazole rings is 1. The van der Waals surface area contributed by atoms with Crippen LogP contribution in [0, 0.1) is 5.92 Å². The van der Waals surface area contributed by atoms with Gasteiger partial charge in [-0.25, -0.2) is 4.98 Å². The molecular weight excluding hydrogens is 344 g/mol. The lowest BCUT2D eigenvalue weighted by Gasteiger charge is -2.27. The molecular formula is C20H24N4OS. The first-order valence-corrected chi connectivity index (χ1v) is 10.3. The van der Waals surface area contributed by atoms with E-state index in [0.29, 0.717) is 6.54 Å². The molecule has 2 heterocycles. The minimum atomic E-state index is 0.116. The molecule has 5 nitrogen and oxygen atoms in total. The van der Waals surface area contributed by atoms with E-state index in [-0.39, 0.29) is 11.8 Å². The Morgan fingerprint density at radius 2 is 2.12 bits per heavy atom. The van der Waals surface area contributed by atoms with Crippen molar-refractivity contribution in [3.8, 4) is 0 Å². The van der Waals surface area contributed by atoms with Gasteiger partial charge in [-0.1, -0.05) is 43.6 Å². The van der Waals surface area contributed by atoms with Crippen LogP contribution in [0.5, 0.6) is 0 Å². The summed E-state index contributed by atoms with van der Waals surface area (Å²) in [5.74, 6) is 0.318. The maximum atomic E-state index is 13.3. The van der Waals surface area contributed by atoms with Gasteiger partial charge in [0, 0.05) is 12.1 Å². The van der Waals surface area contributed by atoms with Crippen LogP contribution >= 0.6 is 11.3 Å². The van der Waals surface area contributed by atoms with Gasteiger partial charge in [-0.15, -0.1) is 0 Å². The van der Waals surface area contributed by atoms with Crippen molar-refractivity contribution < 1.29 is 4.79 Å². The minimum Gasteiger partial charge on any atom is -0.282 e. The number of carbonyl (C=O) groups is 1. The van der Waals surface area contributed by atoms with Crippen LogP contribution in [0.3, 0.4) is 0 Å². The second kappa shape index (κ2) is 7.58. The Bertz CT molecular complexity index is 880. The van der Waals surface area contributed by atoms with Crippen LogP contribution < -0.4 is 4.90 Å². The molecule has 6 heteroatoms. The van der Waals surface area contributed by atoms with Gasteiger partial charge < -0.3 is 0 Å². The molecule has 0 bridgehead atoms. The van der Waals surface area contributed by atoms with Gasteiger partial charge in [0.25, 0.3) is 0 Å². The van der Waals surface area contributed by atoms with Crippen molar-refractivity contribution in [2.24, 2.45) is 5.92 Å². The molecule has 0 unspecified atom stereocenters. The standard InChI is InChI=1S/C20H24N4OS/c1-2-14-8-9-17-18(12-14)26-20(22-17)24(13-16-10-11-21-23-16)19(25)15-6-4-3-5-7-15/h8-12,15H,2-7,13H2,1H3,(H,21,23). The van der Waals surface area contributed by atoms with Crippen molar-refractivity contribution in [2.75, 3.05) is 4.90 Å². The molecule has 0 saturated heterocycles. The molecule has 1 aromatic carbocycles. The third-order valence-electron chi connectivity index (χ3n) is 5.19. The maximum Gasteiger partial charge on any atom is 0.232 e. The summed E-state index contributed by atoms with van der Waals surface area (Å²) < 4.78 is 1.14. The Morgan fingerprint density at radius 1 is 1.27 bits per heavy atom. The molecule has 136 valence electrons. The van der Waals surface area contributed by atoms with Gasteiger partial charge >= 0.3 is 0 Å². The van der Waals surface area contributed by atoms with E-state index in [0.717, 1.165) is 53.1 Å². The molecule has 0 spiro atoms. The lowest BCUT2D eigenvalue weighted by Crippen LogP contribution is -2.36. The number of amides is 1. The Labute approximate surface area is 157 Å². The molecule has 0 atom stereocenters. The Morgan fingerprint density at radius 3 is 2.85 bits per heavy atom. The number of carbonyl (C=O) groups excluding carboxylic acids is 1. The number of benzene rings is 1. The zero-order valence-corrected chi connectivity index (χ0v) is 15.9. The van der Waals surface area contributed by atoms with Crippen molar-refractivity contribution in [2.45, 2.75) is 52.0 Å². The average Bonchev–Trinajstić information content (AvgIpc) is 3.34. The van der Waals surface area contributed by atoms with Gasteiger partial charge in [-0.3, -0.25) is 14.8 Å². The number of nitrogens with one attached hydrogen (secondary N) is 1. The first-order valence-electron chi connectivity index (χ1n) is 9.43. The highest BCUT2D eigenvalue weighted by molar-refractivity contribution is 7.22. The van der Waals surface area contributed by atoms with Crippen LogP contribution in [0.1, 0.15) is 50.3 Å². The number of aromatic amines is 1. The largest absolute Gasteiger partial charge is 0.282 e. The van der Waals surface area contributed by atoms with Crippen molar-refractivity contribution >= 4 is 32.6 Å². The van der Waals surface area contributed by atoms with E-state index in [4.69, 9.17) is 4.98 Å². The molecule has 3 aromatic rings. The fraction of sp³-hybridized carbons (Fsp3) is 0.450. The molecule has 26 heavy (non-hydrogen) atoms. The first-order chi connectivity index (χ1) is 12.7. The zero-order valence-electron chi connectivity index (χ0n) is 15.1. The highest BCUT2D eigenvalue weighted by atomic mass is 32.1. The predicted molar refractivity (Wildman–Crippen MR) is 105 cm³/mol. The molecule has 1 N–H and O–H groups in total. The summed E-state index contributed by atoms with van der Waals surface area (Å²) in [4.78, 5) is 19.9. The molecule has 0 aliphatic heterocycles. The summed E-state index contributed by atoms with van der Waals surface area (Å²) in [6.07, 6.45) is 8.24. The third kappa shape index (κ3) is 3.51. The fourth-order valence-electron chi connectivity index (χ4n) is 3.65. The van der Waals surface area contributed by atoms with E-state index < -0.39 is 0 Å². The fourth-order valence-corrected chi connectivity index (χ4v) is 4.68. The highest BCUT2D eigenvalue weighted by Gasteiger charge is 2.29. The van der Waals surface area contributed by atoms with Crippen LogP contribution in [0.4, 0.5) is 5.13 Å². The molecule has 4 rings (SSSR count). The van der Waals surface area contributed by atoms with Gasteiger partial charge in [-0.2, -0.15) is 5.10 Å². The van der Waals surface area contributed by atoms with Crippen molar-refractivity contribution in [3.63, 3.8) is 0 Å². The number of rotatable bonds is 5. The summed E-state index contributed by atoms with van der Waals surface area (Å²) in [7, 11) is 0. The summed E-state index contributed by atoms with van der Waals surface area (Å²) in [5.41, 5.74) is 3.20. The lowest BCUT2D eigenvalue weighted by molar-refractivity contribution is -0.123. The number of fused-ring (bicyclic) bond motifs is 1. The number of H-pyrrole nitrogens is 1. The van der Waals surface area contributed by atoms with Crippen LogP contribution in [-0.4, -0.2) is 21.1 Å². The van der Waals surface area contributed by atoms with Gasteiger partial charge in [0.2, 0.25) is 5.91 Å². The SMILES string of the molecule is CCc1ccc2nc(N(Cc3ccn[nH]3)C(=O)C3CCCCC3)sc2c1. The van der Waals surface area contributed by atoms with Crippen LogP contribution in [0.25, 0.3) is 10.2 Å². The van der Waals surface area contributed by atoms with Crippen molar-refractivity contribution in [1.82, 2.24) is 15.2 Å². The third-order valence-corrected chi connectivity index (χ3v) is 6.23. The Kier molecular flexibility index (Phi) is 5.02. The molecule has 0 radical (unpaired) electrons. The Hall–Kier alpha value is -2.21. The van der Waals surface area contributed by atoms with E-state index >= 15 is 0 Å². The predicted octanol–water partition coefficient (Wildman–Crippen LogP) is 4.70. The molecule has 1 saturated carbocycles. The van der Waals surface area contributed by atoms with Gasteiger partial charge in [0.1, 0.15) is 0 Å². The second-order valence-corrected chi connectivity index (χ2v) is 8.00. The van der Waals surface area contributed by atoms with Crippen LogP contribution in [0.2, 0.25) is 0 Å². The number of hydrogen-bond acceptors (Lipinski definition) is 4. The molecule has 1 aliphatic carbocycles. The van der Waals surface area contributed by atoms with Gasteiger partial charge in [-0.05, 0) is 43.0 Å². The second-order valence-electron chi connectivity index (χ2n) is 6.99. The average molecular weight is 369 g/mol. The lowest BCUT2D eigenvalue weighted by atomic mass is 9.88. The van der Waals surface area contributed by atoms with E-state index in [1.54, 1.807) is 17.5 Å². The summed E-state index contributed by atoms with van der Waals surface area (Å²) >= 11 is 1.61. The quantitative estimate of drug-likeness (QED) is 0.710. The number of anilines is 1. The molecule has 1 fully saturated rings. The number of aryl methyl sites for hydroxylation is 1. The number of aromatic nitrogens is 3. The number of nitrogens with zero attached hydrogens (tertiary/aromatic N) is 3. The van der Waals surface area contributed by atoms with Crippen molar-refractivity contribution in [1.29, 1.82) is 0 Å². The maximum absolute atomic E-state index is 13.3. The number of hydrogen-bond donors (Lipinski definition) is 1. The zero-order chi connectivity index (χ0) is 17.9. The minimum absolute atomic E-state index is 0.116. The van der Waals surface area contributed by atoms with Crippen LogP contribution in [0.15, 0.2) is 30.5 Å². The van der Waals surface area contributed by atoms with E-state index in [1.165, 1.54) is 12.0 Å². The monoisotopic (exact) mass is 368 g/mol. The van der Waals surface area contributed by atoms with E-state index in [9.17, 15) is 4.79 Å². The first kappa shape index (κ1) is 17.2. The molecule has 1 amide bonds. The molecule has 1 aliphatic rings. The molecule has 2 aromatic heterocycles. The summed E-state index contributed by atoms with van der Waals surface area (Å²) in [6, 6.07) is 8.29. The Balaban J connectivity index is 1.68. The van der Waals surface area contributed by atoms with Crippen LogP contribution in [-0.2, 0) is 17.8 Å².